The summed E-state index contributed by atoms with van der Waals surface area (Å²) in [5.41, 5.74) is 0.750. The van der Waals surface area contributed by atoms with E-state index in [0.29, 0.717) is 35.7 Å². The van der Waals surface area contributed by atoms with Crippen molar-refractivity contribution < 1.29 is 22.5 Å². The first-order valence-corrected chi connectivity index (χ1v) is 11.2. The number of hydrogen-bond donors (Lipinski definition) is 0. The predicted octanol–water partition coefficient (Wildman–Crippen LogP) is 5.02. The summed E-state index contributed by atoms with van der Waals surface area (Å²) in [6, 6.07) is 6.46. The molecular formula is C24H27F3N4O2. The number of amides is 1. The minimum Gasteiger partial charge on any atom is -0.338 e. The number of aromatic nitrogens is 2. The van der Waals surface area contributed by atoms with Gasteiger partial charge < -0.3 is 14.3 Å². The number of alkyl halides is 3. The molecule has 0 spiro atoms. The van der Waals surface area contributed by atoms with E-state index in [9.17, 15) is 18.0 Å². The molecule has 1 fully saturated rings. The van der Waals surface area contributed by atoms with Gasteiger partial charge in [0.2, 0.25) is 0 Å². The number of fused-ring (bicyclic) bond motifs is 1. The highest BCUT2D eigenvalue weighted by Crippen LogP contribution is 2.34. The molecule has 0 bridgehead atoms. The SMILES string of the molecule is CCN(CC)CC1CCN(C(=O)c2cc(-c3cccc(C(F)(F)F)c3)nc3onc(C)c23)C1. The van der Waals surface area contributed by atoms with Gasteiger partial charge in [-0.2, -0.15) is 13.2 Å². The van der Waals surface area contributed by atoms with Crippen LogP contribution in [0.25, 0.3) is 22.4 Å². The van der Waals surface area contributed by atoms with Crippen LogP contribution in [0.1, 0.15) is 41.9 Å². The number of likely N-dealkylation sites (tertiary alicyclic amines) is 1. The van der Waals surface area contributed by atoms with Gasteiger partial charge in [0.15, 0.2) is 0 Å². The van der Waals surface area contributed by atoms with E-state index in [0.717, 1.165) is 38.2 Å². The van der Waals surface area contributed by atoms with E-state index in [1.54, 1.807) is 13.0 Å². The first kappa shape index (κ1) is 23.2. The second kappa shape index (κ2) is 9.13. The molecule has 2 aromatic heterocycles. The van der Waals surface area contributed by atoms with Gasteiger partial charge >= 0.3 is 6.18 Å². The van der Waals surface area contributed by atoms with Gasteiger partial charge in [0, 0.05) is 25.2 Å². The molecule has 176 valence electrons. The summed E-state index contributed by atoms with van der Waals surface area (Å²) in [5, 5.41) is 4.44. The molecule has 6 nitrogen and oxygen atoms in total. The Kier molecular flexibility index (Phi) is 6.43. The van der Waals surface area contributed by atoms with Crippen molar-refractivity contribution in [3.63, 3.8) is 0 Å². The fraction of sp³-hybridized carbons (Fsp3) is 0.458. The van der Waals surface area contributed by atoms with Crippen molar-refractivity contribution in [2.24, 2.45) is 5.92 Å². The molecule has 1 aliphatic rings. The van der Waals surface area contributed by atoms with Crippen LogP contribution >= 0.6 is 0 Å². The van der Waals surface area contributed by atoms with Gasteiger partial charge in [-0.3, -0.25) is 4.79 Å². The minimum atomic E-state index is -4.48. The zero-order valence-electron chi connectivity index (χ0n) is 18.9. The van der Waals surface area contributed by atoms with E-state index < -0.39 is 11.7 Å². The molecule has 1 amide bonds. The largest absolute Gasteiger partial charge is 0.416 e. The van der Waals surface area contributed by atoms with Crippen molar-refractivity contribution in [1.29, 1.82) is 0 Å². The van der Waals surface area contributed by atoms with E-state index in [1.165, 1.54) is 12.1 Å². The summed E-state index contributed by atoms with van der Waals surface area (Å²) < 4.78 is 45.0. The monoisotopic (exact) mass is 460 g/mol. The van der Waals surface area contributed by atoms with Gasteiger partial charge in [-0.25, -0.2) is 4.98 Å². The number of rotatable bonds is 6. The molecule has 0 N–H and O–H groups in total. The molecule has 4 rings (SSSR count). The maximum atomic E-state index is 13.5. The highest BCUT2D eigenvalue weighted by molar-refractivity contribution is 6.07. The van der Waals surface area contributed by atoms with Crippen LogP contribution in [0.4, 0.5) is 13.2 Å². The van der Waals surface area contributed by atoms with Gasteiger partial charge in [-0.15, -0.1) is 0 Å². The van der Waals surface area contributed by atoms with E-state index in [4.69, 9.17) is 4.52 Å². The first-order chi connectivity index (χ1) is 15.7. The van der Waals surface area contributed by atoms with Crippen LogP contribution < -0.4 is 0 Å². The third kappa shape index (κ3) is 4.73. The van der Waals surface area contributed by atoms with Crippen molar-refractivity contribution in [1.82, 2.24) is 19.9 Å². The smallest absolute Gasteiger partial charge is 0.338 e. The normalized spacial score (nSPS) is 16.8. The molecule has 1 unspecified atom stereocenters. The number of carbonyl (C=O) groups excluding carboxylic acids is 1. The summed E-state index contributed by atoms with van der Waals surface area (Å²) in [6.07, 6.45) is -3.56. The predicted molar refractivity (Wildman–Crippen MR) is 119 cm³/mol. The standard InChI is InChI=1S/C24H27F3N4O2/c1-4-30(5-2)13-16-9-10-31(14-16)23(32)19-12-20(28-22-21(19)15(3)29-33-22)17-7-6-8-18(11-17)24(25,26)27/h6-8,11-12,16H,4-5,9-10,13-14H2,1-3H3. The van der Waals surface area contributed by atoms with E-state index >= 15 is 0 Å². The van der Waals surface area contributed by atoms with Crippen LogP contribution in [-0.2, 0) is 6.18 Å². The molecule has 1 aromatic carbocycles. The van der Waals surface area contributed by atoms with Crippen LogP contribution in [0.15, 0.2) is 34.9 Å². The Bertz CT molecular complexity index is 1150. The summed E-state index contributed by atoms with van der Waals surface area (Å²) in [7, 11) is 0. The fourth-order valence-electron chi connectivity index (χ4n) is 4.45. The fourth-order valence-corrected chi connectivity index (χ4v) is 4.45. The Hall–Kier alpha value is -2.94. The average molecular weight is 461 g/mol. The zero-order valence-corrected chi connectivity index (χ0v) is 18.9. The average Bonchev–Trinajstić information content (AvgIpc) is 3.42. The highest BCUT2D eigenvalue weighted by Gasteiger charge is 2.32. The number of hydrogen-bond acceptors (Lipinski definition) is 5. The number of pyridine rings is 1. The molecule has 0 aliphatic carbocycles. The minimum absolute atomic E-state index is 0.143. The zero-order chi connectivity index (χ0) is 23.8. The summed E-state index contributed by atoms with van der Waals surface area (Å²) in [5.74, 6) is 0.210. The lowest BCUT2D eigenvalue weighted by Gasteiger charge is -2.23. The lowest BCUT2D eigenvalue weighted by molar-refractivity contribution is -0.137. The second-order valence-corrected chi connectivity index (χ2v) is 8.47. The van der Waals surface area contributed by atoms with Crippen molar-refractivity contribution in [2.45, 2.75) is 33.4 Å². The van der Waals surface area contributed by atoms with E-state index in [-0.39, 0.29) is 22.9 Å². The number of nitrogens with zero attached hydrogens (tertiary/aromatic N) is 4. The Labute approximate surface area is 190 Å². The van der Waals surface area contributed by atoms with Gasteiger partial charge in [0.25, 0.3) is 11.6 Å². The Morgan fingerprint density at radius 2 is 2.00 bits per heavy atom. The molecule has 9 heteroatoms. The van der Waals surface area contributed by atoms with E-state index in [2.05, 4.69) is 28.9 Å². The highest BCUT2D eigenvalue weighted by atomic mass is 19.4. The number of halogens is 3. The van der Waals surface area contributed by atoms with Crippen molar-refractivity contribution in [2.75, 3.05) is 32.7 Å². The molecule has 33 heavy (non-hydrogen) atoms. The first-order valence-electron chi connectivity index (χ1n) is 11.2. The van der Waals surface area contributed by atoms with Crippen LogP contribution in [0.2, 0.25) is 0 Å². The van der Waals surface area contributed by atoms with Crippen LogP contribution in [0.3, 0.4) is 0 Å². The van der Waals surface area contributed by atoms with Gasteiger partial charge in [-0.1, -0.05) is 31.1 Å². The molecule has 1 atom stereocenters. The van der Waals surface area contributed by atoms with Crippen LogP contribution in [0, 0.1) is 12.8 Å². The number of benzene rings is 1. The molecule has 1 saturated heterocycles. The number of aryl methyl sites for hydroxylation is 1. The van der Waals surface area contributed by atoms with Crippen molar-refractivity contribution in [3.05, 3.63) is 47.2 Å². The topological polar surface area (TPSA) is 62.5 Å². The summed E-state index contributed by atoms with van der Waals surface area (Å²) in [6.45, 7) is 10.1. The molecule has 3 heterocycles. The van der Waals surface area contributed by atoms with Crippen molar-refractivity contribution in [3.8, 4) is 11.3 Å². The molecule has 1 aliphatic heterocycles. The van der Waals surface area contributed by atoms with E-state index in [1.807, 2.05) is 4.90 Å². The second-order valence-electron chi connectivity index (χ2n) is 8.47. The summed E-state index contributed by atoms with van der Waals surface area (Å²) >= 11 is 0. The lowest BCUT2D eigenvalue weighted by Crippen LogP contribution is -2.33. The van der Waals surface area contributed by atoms with Gasteiger partial charge in [0.05, 0.1) is 27.9 Å². The maximum absolute atomic E-state index is 13.5. The molecule has 0 radical (unpaired) electrons. The maximum Gasteiger partial charge on any atom is 0.416 e. The van der Waals surface area contributed by atoms with Gasteiger partial charge in [0.1, 0.15) is 0 Å². The molecule has 3 aromatic rings. The van der Waals surface area contributed by atoms with Gasteiger partial charge in [-0.05, 0) is 50.6 Å². The Morgan fingerprint density at radius 1 is 1.24 bits per heavy atom. The number of carbonyl (C=O) groups is 1. The third-order valence-corrected chi connectivity index (χ3v) is 6.32. The Morgan fingerprint density at radius 3 is 2.70 bits per heavy atom. The Balaban J connectivity index is 1.68. The molecule has 0 saturated carbocycles. The summed E-state index contributed by atoms with van der Waals surface area (Å²) in [4.78, 5) is 22.0. The third-order valence-electron chi connectivity index (χ3n) is 6.32. The lowest BCUT2D eigenvalue weighted by atomic mass is 10.0. The quantitative estimate of drug-likeness (QED) is 0.517. The molecular weight excluding hydrogens is 433 g/mol. The van der Waals surface area contributed by atoms with Crippen LogP contribution in [0.5, 0.6) is 0 Å². The van der Waals surface area contributed by atoms with Crippen molar-refractivity contribution >= 4 is 17.0 Å². The van der Waals surface area contributed by atoms with Crippen LogP contribution in [-0.4, -0.2) is 58.6 Å².